The number of hydrogen-bond acceptors (Lipinski definition) is 12. The van der Waals surface area contributed by atoms with Gasteiger partial charge >= 0.3 is 5.97 Å². The highest BCUT2D eigenvalue weighted by atomic mass is 17.0. The van der Waals surface area contributed by atoms with Gasteiger partial charge in [-0.25, -0.2) is 0 Å². The number of ether oxygens (including phenoxy) is 1. The van der Waals surface area contributed by atoms with E-state index in [0.29, 0.717) is 0 Å². The number of rotatable bonds is 11. The van der Waals surface area contributed by atoms with E-state index in [-0.39, 0.29) is 17.9 Å². The Morgan fingerprint density at radius 2 is 1.62 bits per heavy atom. The Morgan fingerprint density at radius 3 is 2.06 bits per heavy atom. The number of nitrogens with one attached hydrogen (secondary N) is 1. The van der Waals surface area contributed by atoms with Gasteiger partial charge in [0.25, 0.3) is 15.3 Å². The first kappa shape index (κ1) is 26.3. The molecule has 2 rings (SSSR count). The minimum absolute atomic E-state index is 0.143. The largest absolute Gasteiger partial charge is 0.469 e. The molecule has 1 fully saturated rings. The van der Waals surface area contributed by atoms with Crippen LogP contribution >= 0.6 is 0 Å². The van der Waals surface area contributed by atoms with Crippen molar-refractivity contribution in [3.05, 3.63) is 66.2 Å². The number of benzene rings is 1. The van der Waals surface area contributed by atoms with Crippen LogP contribution in [0.4, 0.5) is 0 Å². The lowest BCUT2D eigenvalue weighted by atomic mass is 9.86. The molecule has 2 atom stereocenters. The summed E-state index contributed by atoms with van der Waals surface area (Å²) in [5.41, 5.74) is 1.04. The molecule has 1 N–H and O–H groups in total. The van der Waals surface area contributed by atoms with Crippen molar-refractivity contribution in [2.24, 2.45) is 0 Å². The molecule has 1 aromatic rings. The van der Waals surface area contributed by atoms with E-state index in [0.717, 1.165) is 18.5 Å². The number of carbonyl (C=O) groups excluding carboxylic acids is 1. The second-order valence-electron chi connectivity index (χ2n) is 6.46. The molecule has 1 saturated heterocycles. The van der Waals surface area contributed by atoms with Gasteiger partial charge in [-0.1, -0.05) is 36.8 Å². The standard InChI is InChI=1S/C14H19NO2.C3H5N3O9/c1-17-14(16)13(11-7-3-2-4-8-11)12-9-5-6-10-15-12;7-4(8)13-1-3(15-6(11)12)2-14-5(9)10/h2-4,7-8,12-13,15H,5-6,9-10H2,1H3;3H,1-2H2. The molecule has 1 aromatic carbocycles. The minimum Gasteiger partial charge on any atom is -0.469 e. The van der Waals surface area contributed by atoms with Gasteiger partial charge in [-0.2, -0.15) is 0 Å². The van der Waals surface area contributed by atoms with E-state index in [4.69, 9.17) is 4.74 Å². The number of piperidine rings is 1. The summed E-state index contributed by atoms with van der Waals surface area (Å²) in [6, 6.07) is 10.1. The van der Waals surface area contributed by atoms with E-state index in [9.17, 15) is 35.1 Å². The smallest absolute Gasteiger partial charge is 0.314 e. The molecule has 0 saturated carbocycles. The van der Waals surface area contributed by atoms with E-state index in [1.807, 2.05) is 30.3 Å². The van der Waals surface area contributed by atoms with Gasteiger partial charge in [0.15, 0.2) is 6.10 Å². The molecular formula is C17H24N4O11. The first-order chi connectivity index (χ1) is 15.2. The van der Waals surface area contributed by atoms with E-state index in [2.05, 4.69) is 19.8 Å². The van der Waals surface area contributed by atoms with Gasteiger partial charge in [0.1, 0.15) is 13.2 Å². The van der Waals surface area contributed by atoms with Crippen molar-refractivity contribution in [1.29, 1.82) is 0 Å². The lowest BCUT2D eigenvalue weighted by Gasteiger charge is -2.29. The third-order valence-electron chi connectivity index (χ3n) is 4.33. The van der Waals surface area contributed by atoms with Crippen molar-refractivity contribution in [2.45, 2.75) is 37.3 Å². The van der Waals surface area contributed by atoms with E-state index >= 15 is 0 Å². The summed E-state index contributed by atoms with van der Waals surface area (Å²) in [5.74, 6) is -0.322. The number of nitrogens with zero attached hydrogens (tertiary/aromatic N) is 3. The SMILES string of the molecule is COC(=O)C(c1ccccc1)C1CCCCN1.O=[N+]([O-])OCC(CO[N+](=O)[O-])O[N+](=O)[O-]. The fourth-order valence-electron chi connectivity index (χ4n) is 3.00. The van der Waals surface area contributed by atoms with Gasteiger partial charge in [0, 0.05) is 6.04 Å². The predicted octanol–water partition coefficient (Wildman–Crippen LogP) is 1.07. The first-order valence-electron chi connectivity index (χ1n) is 9.46. The third-order valence-corrected chi connectivity index (χ3v) is 4.33. The van der Waals surface area contributed by atoms with Gasteiger partial charge in [0.05, 0.1) is 13.0 Å². The van der Waals surface area contributed by atoms with Crippen LogP contribution in [0.5, 0.6) is 0 Å². The molecule has 0 amide bonds. The summed E-state index contributed by atoms with van der Waals surface area (Å²) >= 11 is 0. The highest BCUT2D eigenvalue weighted by Gasteiger charge is 2.31. The molecule has 1 aliphatic rings. The van der Waals surface area contributed by atoms with Crippen molar-refractivity contribution in [3.63, 3.8) is 0 Å². The fraction of sp³-hybridized carbons (Fsp3) is 0.588. The second kappa shape index (κ2) is 14.3. The monoisotopic (exact) mass is 460 g/mol. The molecule has 15 heteroatoms. The van der Waals surface area contributed by atoms with Gasteiger partial charge in [-0.3, -0.25) is 4.79 Å². The highest BCUT2D eigenvalue weighted by Crippen LogP contribution is 2.26. The van der Waals surface area contributed by atoms with Crippen LogP contribution in [-0.2, 0) is 24.0 Å². The molecule has 1 aliphatic heterocycles. The summed E-state index contributed by atoms with van der Waals surface area (Å²) in [4.78, 5) is 52.5. The maximum absolute atomic E-state index is 11.9. The zero-order valence-corrected chi connectivity index (χ0v) is 17.2. The zero-order valence-electron chi connectivity index (χ0n) is 17.2. The summed E-state index contributed by atoms with van der Waals surface area (Å²) in [7, 11) is 1.46. The molecule has 0 radical (unpaired) electrons. The second-order valence-corrected chi connectivity index (χ2v) is 6.46. The summed E-state index contributed by atoms with van der Waals surface area (Å²) < 4.78 is 4.94. The average Bonchev–Trinajstić information content (AvgIpc) is 2.77. The molecule has 0 spiro atoms. The number of carbonyl (C=O) groups is 1. The Labute approximate surface area is 181 Å². The Kier molecular flexibility index (Phi) is 11.7. The van der Waals surface area contributed by atoms with Crippen molar-refractivity contribution < 1.29 is 39.3 Å². The molecule has 0 aliphatic carbocycles. The maximum atomic E-state index is 11.9. The number of esters is 1. The predicted molar refractivity (Wildman–Crippen MR) is 105 cm³/mol. The lowest BCUT2D eigenvalue weighted by Crippen LogP contribution is -2.42. The molecule has 2 unspecified atom stereocenters. The van der Waals surface area contributed by atoms with Crippen LogP contribution in [0.15, 0.2) is 30.3 Å². The Morgan fingerprint density at radius 1 is 1.03 bits per heavy atom. The quantitative estimate of drug-likeness (QED) is 0.280. The molecule has 0 aromatic heterocycles. The van der Waals surface area contributed by atoms with Crippen molar-refractivity contribution in [3.8, 4) is 0 Å². The van der Waals surface area contributed by atoms with Crippen LogP contribution in [0.2, 0.25) is 0 Å². The summed E-state index contributed by atoms with van der Waals surface area (Å²) in [6.07, 6.45) is 1.86. The maximum Gasteiger partial charge on any atom is 0.314 e. The summed E-state index contributed by atoms with van der Waals surface area (Å²) in [6.45, 7) is -0.700. The average molecular weight is 460 g/mol. The van der Waals surface area contributed by atoms with Gasteiger partial charge in [0.2, 0.25) is 0 Å². The van der Waals surface area contributed by atoms with E-state index in [1.54, 1.807) is 0 Å². The van der Waals surface area contributed by atoms with Gasteiger partial charge in [-0.15, -0.1) is 30.3 Å². The van der Waals surface area contributed by atoms with Crippen molar-refractivity contribution in [2.75, 3.05) is 26.9 Å². The van der Waals surface area contributed by atoms with E-state index in [1.165, 1.54) is 20.0 Å². The van der Waals surface area contributed by atoms with Gasteiger partial charge in [-0.05, 0) is 24.9 Å². The van der Waals surface area contributed by atoms with Crippen molar-refractivity contribution in [1.82, 2.24) is 5.32 Å². The van der Waals surface area contributed by atoms with Crippen molar-refractivity contribution >= 4 is 5.97 Å². The lowest BCUT2D eigenvalue weighted by molar-refractivity contribution is -0.803. The topological polar surface area (TPSA) is 195 Å². The zero-order chi connectivity index (χ0) is 23.9. The van der Waals surface area contributed by atoms with E-state index < -0.39 is 34.6 Å². The Balaban J connectivity index is 0.000000324. The first-order valence-corrected chi connectivity index (χ1v) is 9.46. The van der Waals surface area contributed by atoms with Crippen LogP contribution in [0, 0.1) is 30.3 Å². The Hall–Kier alpha value is -3.75. The third kappa shape index (κ3) is 10.3. The molecule has 32 heavy (non-hydrogen) atoms. The van der Waals surface area contributed by atoms with Gasteiger partial charge < -0.3 is 24.6 Å². The molecule has 1 heterocycles. The fourth-order valence-corrected chi connectivity index (χ4v) is 3.00. The van der Waals surface area contributed by atoms with Crippen LogP contribution in [0.1, 0.15) is 30.7 Å². The van der Waals surface area contributed by atoms with Crippen LogP contribution in [0.3, 0.4) is 0 Å². The molecule has 0 bridgehead atoms. The number of methoxy groups -OCH3 is 1. The van der Waals surface area contributed by atoms with Crippen LogP contribution < -0.4 is 5.32 Å². The molecule has 15 nitrogen and oxygen atoms in total. The van der Waals surface area contributed by atoms with Crippen LogP contribution in [0.25, 0.3) is 0 Å². The number of hydrogen-bond donors (Lipinski definition) is 1. The molecular weight excluding hydrogens is 436 g/mol. The summed E-state index contributed by atoms with van der Waals surface area (Å²) in [5, 5.41) is 29.0. The normalized spacial score (nSPS) is 16.0. The molecule has 178 valence electrons. The highest BCUT2D eigenvalue weighted by molar-refractivity contribution is 5.79. The van der Waals surface area contributed by atoms with Crippen LogP contribution in [-0.4, -0.2) is 60.2 Å². The Bertz CT molecular complexity index is 725. The minimum atomic E-state index is -1.55.